The fraction of sp³-hybridized carbons (Fsp3) is 1.00. The van der Waals surface area contributed by atoms with Gasteiger partial charge in [0.2, 0.25) is 0 Å². The van der Waals surface area contributed by atoms with E-state index in [0.29, 0.717) is 5.92 Å². The predicted octanol–water partition coefficient (Wildman–Crippen LogP) is 11.1. The molecule has 224 valence electrons. The highest BCUT2D eigenvalue weighted by Gasteiger charge is 2.11. The molecular formula is C34H70O3. The van der Waals surface area contributed by atoms with Gasteiger partial charge in [-0.1, -0.05) is 149 Å². The van der Waals surface area contributed by atoms with Gasteiger partial charge in [0.1, 0.15) is 0 Å². The SMILES string of the molecule is CCCCCCCCCCCCCCOCC(COCCCCCCCCCCCCC)COC(C)C. The van der Waals surface area contributed by atoms with Crippen LogP contribution in [-0.4, -0.2) is 39.1 Å². The Bertz CT molecular complexity index is 399. The Labute approximate surface area is 234 Å². The fourth-order valence-corrected chi connectivity index (χ4v) is 4.89. The van der Waals surface area contributed by atoms with Crippen molar-refractivity contribution in [3.8, 4) is 0 Å². The molecule has 0 aromatic heterocycles. The van der Waals surface area contributed by atoms with Crippen molar-refractivity contribution in [1.82, 2.24) is 0 Å². The Morgan fingerprint density at radius 2 is 0.676 bits per heavy atom. The zero-order valence-corrected chi connectivity index (χ0v) is 26.2. The van der Waals surface area contributed by atoms with Gasteiger partial charge in [-0.15, -0.1) is 0 Å². The summed E-state index contributed by atoms with van der Waals surface area (Å²) in [5.74, 6) is 0.354. The molecule has 0 amide bonds. The zero-order valence-electron chi connectivity index (χ0n) is 26.2. The van der Waals surface area contributed by atoms with Crippen LogP contribution in [0, 0.1) is 5.92 Å². The van der Waals surface area contributed by atoms with E-state index in [0.717, 1.165) is 33.0 Å². The highest BCUT2D eigenvalue weighted by Crippen LogP contribution is 2.13. The van der Waals surface area contributed by atoms with Crippen molar-refractivity contribution in [2.75, 3.05) is 33.0 Å². The molecule has 0 fully saturated rings. The van der Waals surface area contributed by atoms with Crippen LogP contribution in [0.15, 0.2) is 0 Å². The maximum absolute atomic E-state index is 6.02. The van der Waals surface area contributed by atoms with Crippen molar-refractivity contribution in [2.24, 2.45) is 5.92 Å². The lowest BCUT2D eigenvalue weighted by Gasteiger charge is -2.19. The summed E-state index contributed by atoms with van der Waals surface area (Å²) in [6.45, 7) is 12.8. The molecule has 0 aromatic rings. The normalized spacial score (nSPS) is 12.6. The van der Waals surface area contributed by atoms with Crippen LogP contribution in [0.3, 0.4) is 0 Å². The lowest BCUT2D eigenvalue weighted by atomic mass is 10.1. The maximum atomic E-state index is 6.02. The minimum Gasteiger partial charge on any atom is -0.381 e. The van der Waals surface area contributed by atoms with Crippen LogP contribution in [0.25, 0.3) is 0 Å². The van der Waals surface area contributed by atoms with Gasteiger partial charge in [-0.3, -0.25) is 0 Å². The summed E-state index contributed by atoms with van der Waals surface area (Å²) in [6, 6.07) is 0. The van der Waals surface area contributed by atoms with Gasteiger partial charge in [-0.25, -0.2) is 0 Å². The third-order valence-electron chi connectivity index (χ3n) is 7.41. The van der Waals surface area contributed by atoms with E-state index in [9.17, 15) is 0 Å². The largest absolute Gasteiger partial charge is 0.381 e. The Hall–Kier alpha value is -0.120. The fourth-order valence-electron chi connectivity index (χ4n) is 4.89. The first kappa shape index (κ1) is 36.9. The highest BCUT2D eigenvalue weighted by atomic mass is 16.5. The summed E-state index contributed by atoms with van der Waals surface area (Å²) in [7, 11) is 0. The second kappa shape index (κ2) is 32.1. The van der Waals surface area contributed by atoms with Gasteiger partial charge in [0.05, 0.1) is 25.9 Å². The van der Waals surface area contributed by atoms with E-state index >= 15 is 0 Å². The van der Waals surface area contributed by atoms with Crippen LogP contribution in [0.4, 0.5) is 0 Å². The molecule has 0 spiro atoms. The lowest BCUT2D eigenvalue weighted by molar-refractivity contribution is -0.0226. The summed E-state index contributed by atoms with van der Waals surface area (Å²) in [5.41, 5.74) is 0. The number of unbranched alkanes of at least 4 members (excludes halogenated alkanes) is 21. The summed E-state index contributed by atoms with van der Waals surface area (Å²) in [4.78, 5) is 0. The van der Waals surface area contributed by atoms with Gasteiger partial charge < -0.3 is 14.2 Å². The van der Waals surface area contributed by atoms with Crippen LogP contribution in [-0.2, 0) is 14.2 Å². The van der Waals surface area contributed by atoms with Gasteiger partial charge in [0.25, 0.3) is 0 Å². The molecule has 0 rings (SSSR count). The monoisotopic (exact) mass is 527 g/mol. The maximum Gasteiger partial charge on any atom is 0.0541 e. The van der Waals surface area contributed by atoms with E-state index in [2.05, 4.69) is 27.7 Å². The number of hydrogen-bond donors (Lipinski definition) is 0. The van der Waals surface area contributed by atoms with E-state index in [1.165, 1.54) is 148 Å². The molecule has 0 aliphatic rings. The second-order valence-electron chi connectivity index (χ2n) is 11.8. The van der Waals surface area contributed by atoms with E-state index in [1.807, 2.05) is 0 Å². The quantitative estimate of drug-likeness (QED) is 0.0816. The van der Waals surface area contributed by atoms with Gasteiger partial charge in [-0.2, -0.15) is 0 Å². The molecule has 37 heavy (non-hydrogen) atoms. The first-order valence-electron chi connectivity index (χ1n) is 17.0. The Morgan fingerprint density at radius 3 is 0.973 bits per heavy atom. The van der Waals surface area contributed by atoms with Gasteiger partial charge in [0.15, 0.2) is 0 Å². The average molecular weight is 527 g/mol. The smallest absolute Gasteiger partial charge is 0.0541 e. The van der Waals surface area contributed by atoms with Crippen LogP contribution in [0.1, 0.15) is 175 Å². The first-order valence-corrected chi connectivity index (χ1v) is 17.0. The highest BCUT2D eigenvalue weighted by molar-refractivity contribution is 4.58. The summed E-state index contributed by atoms with van der Waals surface area (Å²) in [6.07, 6.45) is 32.1. The van der Waals surface area contributed by atoms with Crippen molar-refractivity contribution in [2.45, 2.75) is 181 Å². The van der Waals surface area contributed by atoms with E-state index in [4.69, 9.17) is 14.2 Å². The van der Waals surface area contributed by atoms with Crippen LogP contribution < -0.4 is 0 Å². The summed E-state index contributed by atoms with van der Waals surface area (Å²) in [5, 5.41) is 0. The van der Waals surface area contributed by atoms with Gasteiger partial charge >= 0.3 is 0 Å². The third kappa shape index (κ3) is 32.0. The summed E-state index contributed by atoms with van der Waals surface area (Å²) < 4.78 is 17.9. The molecule has 0 saturated carbocycles. The minimum absolute atomic E-state index is 0.269. The van der Waals surface area contributed by atoms with E-state index < -0.39 is 0 Å². The number of ether oxygens (including phenoxy) is 3. The van der Waals surface area contributed by atoms with Gasteiger partial charge in [0, 0.05) is 19.1 Å². The van der Waals surface area contributed by atoms with Crippen LogP contribution >= 0.6 is 0 Å². The molecule has 0 aliphatic carbocycles. The molecule has 0 bridgehead atoms. The van der Waals surface area contributed by atoms with Crippen LogP contribution in [0.2, 0.25) is 0 Å². The number of hydrogen-bond acceptors (Lipinski definition) is 3. The Morgan fingerprint density at radius 1 is 0.378 bits per heavy atom. The van der Waals surface area contributed by atoms with E-state index in [-0.39, 0.29) is 6.10 Å². The molecule has 3 nitrogen and oxygen atoms in total. The molecule has 0 radical (unpaired) electrons. The van der Waals surface area contributed by atoms with Crippen LogP contribution in [0.5, 0.6) is 0 Å². The molecule has 0 N–H and O–H groups in total. The molecule has 3 heteroatoms. The molecule has 0 aliphatic heterocycles. The lowest BCUT2D eigenvalue weighted by Crippen LogP contribution is -2.24. The third-order valence-corrected chi connectivity index (χ3v) is 7.41. The molecule has 0 aromatic carbocycles. The average Bonchev–Trinajstić information content (AvgIpc) is 2.89. The predicted molar refractivity (Wildman–Crippen MR) is 164 cm³/mol. The van der Waals surface area contributed by atoms with Crippen molar-refractivity contribution >= 4 is 0 Å². The topological polar surface area (TPSA) is 27.7 Å². The first-order chi connectivity index (χ1) is 18.2. The Balaban J connectivity index is 3.57. The molecule has 1 unspecified atom stereocenters. The van der Waals surface area contributed by atoms with Crippen molar-refractivity contribution in [1.29, 1.82) is 0 Å². The second-order valence-corrected chi connectivity index (χ2v) is 11.8. The Kier molecular flexibility index (Phi) is 32.0. The minimum atomic E-state index is 0.269. The van der Waals surface area contributed by atoms with Gasteiger partial charge in [-0.05, 0) is 26.7 Å². The zero-order chi connectivity index (χ0) is 27.1. The molecule has 0 saturated heterocycles. The van der Waals surface area contributed by atoms with Crippen molar-refractivity contribution in [3.63, 3.8) is 0 Å². The van der Waals surface area contributed by atoms with E-state index in [1.54, 1.807) is 0 Å². The summed E-state index contributed by atoms with van der Waals surface area (Å²) >= 11 is 0. The molecule has 0 heterocycles. The standard InChI is InChI=1S/C34H70O3/c1-5-7-9-11-13-15-17-19-21-23-25-27-29-36-31-34(32-37-33(3)4)30-35-28-26-24-22-20-18-16-14-12-10-8-6-2/h33-34H,5-32H2,1-4H3. The number of rotatable bonds is 32. The molecule has 1 atom stereocenters. The molecular weight excluding hydrogens is 456 g/mol. The van der Waals surface area contributed by atoms with Crippen molar-refractivity contribution < 1.29 is 14.2 Å². The van der Waals surface area contributed by atoms with Crippen molar-refractivity contribution in [3.05, 3.63) is 0 Å².